The molecule has 0 aromatic carbocycles. The lowest BCUT2D eigenvalue weighted by Crippen LogP contribution is -2.53. The number of nitrogens with two attached hydrogens (primary N) is 1. The molecule has 0 unspecified atom stereocenters. The van der Waals surface area contributed by atoms with Gasteiger partial charge < -0.3 is 10.6 Å². The molecule has 0 spiro atoms. The summed E-state index contributed by atoms with van der Waals surface area (Å²) >= 11 is 6.71. The maximum Gasteiger partial charge on any atom is 0.235 e. The highest BCUT2D eigenvalue weighted by atomic mass is 32.1. The van der Waals surface area contributed by atoms with Crippen molar-refractivity contribution >= 4 is 34.5 Å². The number of hydrogen-bond acceptors (Lipinski definition) is 3. The van der Waals surface area contributed by atoms with Crippen molar-refractivity contribution in [3.63, 3.8) is 0 Å². The lowest BCUT2D eigenvalue weighted by molar-refractivity contribution is -0.141. The van der Waals surface area contributed by atoms with Crippen LogP contribution in [0.5, 0.6) is 0 Å². The fourth-order valence-corrected chi connectivity index (χ4v) is 3.22. The Bertz CT molecular complexity index is 424. The minimum Gasteiger partial charge on any atom is -0.392 e. The van der Waals surface area contributed by atoms with Gasteiger partial charge in [0, 0.05) is 11.9 Å². The molecule has 1 amide bonds. The van der Waals surface area contributed by atoms with Gasteiger partial charge in [-0.2, -0.15) is 0 Å². The maximum absolute atomic E-state index is 12.4. The molecule has 1 aliphatic rings. The molecule has 17 heavy (non-hydrogen) atoms. The molecule has 0 aliphatic heterocycles. The van der Waals surface area contributed by atoms with E-state index in [2.05, 4.69) is 0 Å². The van der Waals surface area contributed by atoms with Crippen molar-refractivity contribution in [2.75, 3.05) is 7.05 Å². The third-order valence-electron chi connectivity index (χ3n) is 3.41. The van der Waals surface area contributed by atoms with Crippen LogP contribution >= 0.6 is 23.6 Å². The molecular formula is C12H16N2OS2. The van der Waals surface area contributed by atoms with Crippen LogP contribution in [0.4, 0.5) is 0 Å². The number of carbonyl (C=O) groups excluding carboxylic acids is 1. The summed E-state index contributed by atoms with van der Waals surface area (Å²) in [6.07, 6.45) is 2.64. The van der Waals surface area contributed by atoms with Crippen molar-refractivity contribution in [3.8, 4) is 0 Å². The van der Waals surface area contributed by atoms with Gasteiger partial charge in [-0.05, 0) is 24.3 Å². The number of hydrogen-bond donors (Lipinski definition) is 1. The van der Waals surface area contributed by atoms with Crippen LogP contribution in [0.25, 0.3) is 0 Å². The highest BCUT2D eigenvalue weighted by molar-refractivity contribution is 7.80. The van der Waals surface area contributed by atoms with Crippen LogP contribution in [0.15, 0.2) is 17.5 Å². The van der Waals surface area contributed by atoms with E-state index < -0.39 is 5.41 Å². The minimum atomic E-state index is -0.554. The Balaban J connectivity index is 2.06. The van der Waals surface area contributed by atoms with E-state index in [9.17, 15) is 4.79 Å². The molecule has 1 aromatic rings. The summed E-state index contributed by atoms with van der Waals surface area (Å²) in [7, 11) is 1.82. The second kappa shape index (κ2) is 4.74. The van der Waals surface area contributed by atoms with Gasteiger partial charge in [-0.15, -0.1) is 11.3 Å². The Morgan fingerprint density at radius 2 is 2.35 bits per heavy atom. The molecule has 1 heterocycles. The molecule has 2 rings (SSSR count). The van der Waals surface area contributed by atoms with Crippen molar-refractivity contribution in [2.24, 2.45) is 11.1 Å². The van der Waals surface area contributed by atoms with E-state index in [1.54, 1.807) is 16.2 Å². The first-order chi connectivity index (χ1) is 8.06. The van der Waals surface area contributed by atoms with Crippen molar-refractivity contribution in [1.82, 2.24) is 4.90 Å². The van der Waals surface area contributed by atoms with Crippen LogP contribution in [0.3, 0.4) is 0 Å². The van der Waals surface area contributed by atoms with Crippen molar-refractivity contribution in [3.05, 3.63) is 22.4 Å². The van der Waals surface area contributed by atoms with E-state index in [1.807, 2.05) is 24.6 Å². The van der Waals surface area contributed by atoms with Crippen LogP contribution in [0.2, 0.25) is 0 Å². The molecule has 1 fully saturated rings. The lowest BCUT2D eigenvalue weighted by atomic mass is 9.67. The van der Waals surface area contributed by atoms with Gasteiger partial charge in [-0.1, -0.05) is 24.7 Å². The first kappa shape index (κ1) is 12.5. The Morgan fingerprint density at radius 1 is 1.65 bits per heavy atom. The molecule has 0 radical (unpaired) electrons. The Morgan fingerprint density at radius 3 is 2.76 bits per heavy atom. The summed E-state index contributed by atoms with van der Waals surface area (Å²) in [6, 6.07) is 4.02. The number of thiocarbonyl (C=S) groups is 1. The molecule has 1 aromatic heterocycles. The SMILES string of the molecule is CN(Cc1cccs1)C(=O)C1(C(N)=S)CCC1. The summed E-state index contributed by atoms with van der Waals surface area (Å²) in [5, 5.41) is 2.01. The van der Waals surface area contributed by atoms with Crippen LogP contribution in [-0.2, 0) is 11.3 Å². The van der Waals surface area contributed by atoms with E-state index >= 15 is 0 Å². The quantitative estimate of drug-likeness (QED) is 0.851. The summed E-state index contributed by atoms with van der Waals surface area (Å²) in [4.78, 5) is 15.7. The van der Waals surface area contributed by atoms with Crippen LogP contribution in [-0.4, -0.2) is 22.8 Å². The molecule has 0 atom stereocenters. The molecule has 1 aliphatic carbocycles. The number of thiophene rings is 1. The Labute approximate surface area is 111 Å². The second-order valence-corrected chi connectivity index (χ2v) is 6.01. The number of rotatable bonds is 4. The van der Waals surface area contributed by atoms with Crippen LogP contribution < -0.4 is 5.73 Å². The predicted molar refractivity (Wildman–Crippen MR) is 73.9 cm³/mol. The normalized spacial score (nSPS) is 17.2. The summed E-state index contributed by atoms with van der Waals surface area (Å²) < 4.78 is 0. The highest BCUT2D eigenvalue weighted by Crippen LogP contribution is 2.42. The Hall–Kier alpha value is -0.940. The molecule has 3 nitrogen and oxygen atoms in total. The van der Waals surface area contributed by atoms with E-state index in [1.165, 1.54) is 4.88 Å². The van der Waals surface area contributed by atoms with E-state index in [0.29, 0.717) is 11.5 Å². The largest absolute Gasteiger partial charge is 0.392 e. The van der Waals surface area contributed by atoms with E-state index in [0.717, 1.165) is 19.3 Å². The fraction of sp³-hybridized carbons (Fsp3) is 0.500. The van der Waals surface area contributed by atoms with Gasteiger partial charge in [-0.25, -0.2) is 0 Å². The summed E-state index contributed by atoms with van der Waals surface area (Å²) in [6.45, 7) is 0.640. The molecule has 0 saturated heterocycles. The van der Waals surface area contributed by atoms with Gasteiger partial charge in [0.25, 0.3) is 0 Å². The van der Waals surface area contributed by atoms with Gasteiger partial charge in [0.1, 0.15) is 0 Å². The van der Waals surface area contributed by atoms with Crippen LogP contribution in [0.1, 0.15) is 24.1 Å². The number of amides is 1. The van der Waals surface area contributed by atoms with E-state index in [4.69, 9.17) is 18.0 Å². The lowest BCUT2D eigenvalue weighted by Gasteiger charge is -2.41. The maximum atomic E-state index is 12.4. The first-order valence-corrected chi connectivity index (χ1v) is 6.93. The zero-order valence-corrected chi connectivity index (χ0v) is 11.4. The van der Waals surface area contributed by atoms with Gasteiger partial charge in [0.15, 0.2) is 0 Å². The zero-order chi connectivity index (χ0) is 12.5. The first-order valence-electron chi connectivity index (χ1n) is 5.64. The highest BCUT2D eigenvalue weighted by Gasteiger charge is 2.48. The fourth-order valence-electron chi connectivity index (χ4n) is 2.17. The minimum absolute atomic E-state index is 0.0738. The molecule has 2 N–H and O–H groups in total. The molecule has 0 bridgehead atoms. The molecular weight excluding hydrogens is 252 g/mol. The third kappa shape index (κ3) is 2.21. The summed E-state index contributed by atoms with van der Waals surface area (Å²) in [5.74, 6) is 0.0738. The van der Waals surface area contributed by atoms with Gasteiger partial charge >= 0.3 is 0 Å². The van der Waals surface area contributed by atoms with Crippen molar-refractivity contribution < 1.29 is 4.79 Å². The van der Waals surface area contributed by atoms with Crippen LogP contribution in [0, 0.1) is 5.41 Å². The average Bonchev–Trinajstić information content (AvgIpc) is 2.67. The predicted octanol–water partition coefficient (Wildman–Crippen LogP) is 2.16. The molecule has 1 saturated carbocycles. The molecule has 92 valence electrons. The van der Waals surface area contributed by atoms with Gasteiger partial charge in [0.05, 0.1) is 16.9 Å². The molecule has 5 heteroatoms. The van der Waals surface area contributed by atoms with Gasteiger partial charge in [0.2, 0.25) is 5.91 Å². The number of nitrogens with zero attached hydrogens (tertiary/aromatic N) is 1. The average molecular weight is 268 g/mol. The second-order valence-electron chi connectivity index (χ2n) is 4.54. The van der Waals surface area contributed by atoms with Crippen molar-refractivity contribution in [1.29, 1.82) is 0 Å². The topological polar surface area (TPSA) is 46.3 Å². The number of carbonyl (C=O) groups is 1. The smallest absolute Gasteiger partial charge is 0.235 e. The summed E-state index contributed by atoms with van der Waals surface area (Å²) in [5.41, 5.74) is 5.18. The zero-order valence-electron chi connectivity index (χ0n) is 9.81. The van der Waals surface area contributed by atoms with Gasteiger partial charge in [-0.3, -0.25) is 4.79 Å². The standard InChI is InChI=1S/C12H16N2OS2/c1-14(8-9-4-2-7-17-9)11(15)12(10(13)16)5-3-6-12/h2,4,7H,3,5-6,8H2,1H3,(H2,13,16). The van der Waals surface area contributed by atoms with E-state index in [-0.39, 0.29) is 5.91 Å². The Kier molecular flexibility index (Phi) is 3.49. The monoisotopic (exact) mass is 268 g/mol. The van der Waals surface area contributed by atoms with Crippen molar-refractivity contribution in [2.45, 2.75) is 25.8 Å². The third-order valence-corrected chi connectivity index (χ3v) is 4.66.